The van der Waals surface area contributed by atoms with E-state index in [2.05, 4.69) is 63.6 Å². The van der Waals surface area contributed by atoms with E-state index in [1.807, 2.05) is 0 Å². The van der Waals surface area contributed by atoms with Gasteiger partial charge in [0.1, 0.15) is 0 Å². The summed E-state index contributed by atoms with van der Waals surface area (Å²) in [5.41, 5.74) is -1.41. The fourth-order valence-corrected chi connectivity index (χ4v) is 1.78. The Bertz CT molecular complexity index is 616. The zero-order valence-electron chi connectivity index (χ0n) is 13.8. The molecule has 8 nitrogen and oxygen atoms in total. The molecule has 0 aromatic carbocycles. The van der Waals surface area contributed by atoms with Crippen LogP contribution < -0.4 is 0 Å². The van der Waals surface area contributed by atoms with Crippen LogP contribution in [0.15, 0.2) is 12.2 Å². The Morgan fingerprint density at radius 1 is 0.857 bits per heavy atom. The van der Waals surface area contributed by atoms with E-state index in [-0.39, 0.29) is 45.3 Å². The van der Waals surface area contributed by atoms with Gasteiger partial charge in [0.15, 0.2) is 11.4 Å². The first-order valence-corrected chi connectivity index (χ1v) is 5.88. The van der Waals surface area contributed by atoms with Crippen molar-refractivity contribution in [3.63, 3.8) is 0 Å². The Hall–Kier alpha value is -2.06. The molecule has 28 heavy (non-hydrogen) atoms. The normalized spacial score (nSPS) is 18.6. The molecule has 1 fully saturated rings. The van der Waals surface area contributed by atoms with Gasteiger partial charge in [-0.1, -0.05) is 23.7 Å². The number of fused-ring (bicyclic) bond motifs is 2. The molecule has 0 amide bonds. The Kier molecular flexibility index (Phi) is 64.0. The molecule has 1 N–H and O–H groups in total. The molecular formula is C18H10Co2O8. The predicted molar refractivity (Wildman–Crippen MR) is 75.6 cm³/mol. The first-order valence-electron chi connectivity index (χ1n) is 5.88. The zero-order chi connectivity index (χ0) is 22.0. The van der Waals surface area contributed by atoms with E-state index in [1.54, 1.807) is 12.2 Å². The van der Waals surface area contributed by atoms with Gasteiger partial charge < -0.3 is 5.11 Å². The minimum absolute atomic E-state index is 0. The van der Waals surface area contributed by atoms with Crippen LogP contribution in [-0.4, -0.2) is 16.5 Å². The van der Waals surface area contributed by atoms with Gasteiger partial charge in [0.25, 0.3) is 0 Å². The first kappa shape index (κ1) is 45.0. The fraction of sp³-hybridized carbons (Fsp3) is 0.278. The molecule has 148 valence electrons. The van der Waals surface area contributed by atoms with Gasteiger partial charge in [-0.05, 0) is 25.0 Å². The molecule has 1 saturated carbocycles. The number of carbonyl (C=O) groups excluding carboxylic acids is 1. The maximum Gasteiger partial charge on any atom is 0 e. The summed E-state index contributed by atoms with van der Waals surface area (Å²) in [5, 5.41) is 9.91. The van der Waals surface area contributed by atoms with Crippen LogP contribution in [0.25, 0.3) is 0 Å². The summed E-state index contributed by atoms with van der Waals surface area (Å²) in [5.74, 6) is 10.7. The van der Waals surface area contributed by atoms with Crippen LogP contribution in [0.1, 0.15) is 19.3 Å². The molecule has 0 spiro atoms. The topological polar surface area (TPSA) is 157 Å². The summed E-state index contributed by atoms with van der Waals surface area (Å²) < 4.78 is 45.0. The molecule has 2 aliphatic rings. The average Bonchev–Trinajstić information content (AvgIpc) is 3.02. The number of allylic oxidation sites excluding steroid dienone is 2. The number of ketones is 1. The van der Waals surface area contributed by atoms with E-state index in [9.17, 15) is 9.90 Å². The van der Waals surface area contributed by atoms with Crippen molar-refractivity contribution < 1.29 is 71.4 Å². The van der Waals surface area contributed by atoms with Gasteiger partial charge in [0.05, 0.1) is 0 Å². The molecule has 0 aromatic heterocycles. The van der Waals surface area contributed by atoms with E-state index in [4.69, 9.17) is 27.9 Å². The Balaban J connectivity index is -0.0000000547. The number of carbonyl (C=O) groups is 1. The summed E-state index contributed by atoms with van der Waals surface area (Å²) in [7, 11) is 0. The van der Waals surface area contributed by atoms with Crippen molar-refractivity contribution in [3.8, 4) is 23.7 Å². The standard InChI is InChI=1S/C12H10O2.6CO.2Co/c13-11-10-6-4-2-1-3-5-8-12(11,14)9-7-10;6*1-2;;/h1,3,10,14H,6-7,9H2;;;;;;;;/b3-1-;;;;;;;;. The molecule has 0 aromatic rings. The quantitative estimate of drug-likeness (QED) is 0.309. The summed E-state index contributed by atoms with van der Waals surface area (Å²) in [4.78, 5) is 11.7. The second-order valence-electron chi connectivity index (χ2n) is 3.59. The van der Waals surface area contributed by atoms with Crippen LogP contribution in [0, 0.1) is 69.5 Å². The summed E-state index contributed by atoms with van der Waals surface area (Å²) >= 11 is 0. The van der Waals surface area contributed by atoms with Crippen molar-refractivity contribution in [1.29, 1.82) is 0 Å². The minimum atomic E-state index is -1.41. The SMILES string of the molecule is O=C1C2CC#C/C=C\C#CC1(O)CC2.[C-]#[O+].[C-]#[O+].[C-]#[O+].[C-]#[O+].[C-]#[O+].[C-]#[O+].[Co].[Co]. The second-order valence-corrected chi connectivity index (χ2v) is 3.59. The zero-order valence-corrected chi connectivity index (χ0v) is 15.9. The second kappa shape index (κ2) is 39.8. The van der Waals surface area contributed by atoms with Crippen LogP contribution in [0.4, 0.5) is 0 Å². The summed E-state index contributed by atoms with van der Waals surface area (Å²) in [6.07, 6.45) is 4.88. The fourth-order valence-electron chi connectivity index (χ4n) is 1.78. The van der Waals surface area contributed by atoms with E-state index in [0.717, 1.165) is 0 Å². The molecule has 2 bridgehead atoms. The number of rotatable bonds is 0. The van der Waals surface area contributed by atoms with Gasteiger partial charge in [-0.25, -0.2) is 0 Å². The van der Waals surface area contributed by atoms with E-state index < -0.39 is 5.60 Å². The van der Waals surface area contributed by atoms with Crippen molar-refractivity contribution in [1.82, 2.24) is 0 Å². The summed E-state index contributed by atoms with van der Waals surface area (Å²) in [6, 6.07) is 0. The van der Waals surface area contributed by atoms with Crippen LogP contribution in [0.3, 0.4) is 0 Å². The van der Waals surface area contributed by atoms with Gasteiger partial charge in [0, 0.05) is 45.9 Å². The van der Waals surface area contributed by atoms with E-state index in [0.29, 0.717) is 19.3 Å². The summed E-state index contributed by atoms with van der Waals surface area (Å²) in [6.45, 7) is 27.0. The largest absolute Gasteiger partial charge is 0 e. The Labute approximate surface area is 183 Å². The van der Waals surface area contributed by atoms with Crippen LogP contribution in [-0.2, 0) is 66.3 Å². The maximum atomic E-state index is 11.7. The van der Waals surface area contributed by atoms with Gasteiger partial charge >= 0.3 is 67.8 Å². The third kappa shape index (κ3) is 20.3. The molecule has 2 unspecified atom stereocenters. The van der Waals surface area contributed by atoms with Crippen molar-refractivity contribution in [3.05, 3.63) is 52.1 Å². The molecule has 0 aliphatic heterocycles. The monoisotopic (exact) mass is 472 g/mol. The van der Waals surface area contributed by atoms with Gasteiger partial charge in [-0.2, -0.15) is 0 Å². The number of hydrogen-bond acceptors (Lipinski definition) is 2. The number of aliphatic hydroxyl groups is 1. The van der Waals surface area contributed by atoms with Crippen LogP contribution >= 0.6 is 0 Å². The minimum Gasteiger partial charge on any atom is 0 e. The van der Waals surface area contributed by atoms with Gasteiger partial charge in [-0.3, -0.25) is 4.79 Å². The Morgan fingerprint density at radius 2 is 1.25 bits per heavy atom. The van der Waals surface area contributed by atoms with Crippen molar-refractivity contribution in [2.24, 2.45) is 5.92 Å². The van der Waals surface area contributed by atoms with E-state index in [1.165, 1.54) is 0 Å². The molecule has 0 heterocycles. The smallest absolute Gasteiger partial charge is 0 e. The third-order valence-corrected chi connectivity index (χ3v) is 2.61. The van der Waals surface area contributed by atoms with Gasteiger partial charge in [0.2, 0.25) is 0 Å². The van der Waals surface area contributed by atoms with Crippen LogP contribution in [0.5, 0.6) is 0 Å². The first-order chi connectivity index (χ1) is 12.7. The molecule has 2 radical (unpaired) electrons. The molecule has 0 saturated heterocycles. The maximum absolute atomic E-state index is 11.7. The molecule has 2 rings (SSSR count). The molecule has 2 atom stereocenters. The predicted octanol–water partition coefficient (Wildman–Crippen LogP) is 0.433. The van der Waals surface area contributed by atoms with Gasteiger partial charge in [-0.15, -0.1) is 0 Å². The van der Waals surface area contributed by atoms with Crippen molar-refractivity contribution >= 4 is 5.78 Å². The molecule has 10 heteroatoms. The number of hydrogen-bond donors (Lipinski definition) is 1. The molecule has 2 aliphatic carbocycles. The molecular weight excluding hydrogens is 462 g/mol. The Morgan fingerprint density at radius 3 is 1.68 bits per heavy atom. The van der Waals surface area contributed by atoms with E-state index >= 15 is 0 Å². The number of Topliss-reactive ketones (excluding diaryl/α,β-unsaturated/α-hetero) is 1. The third-order valence-electron chi connectivity index (χ3n) is 2.61. The average molecular weight is 472 g/mol. The van der Waals surface area contributed by atoms with Crippen molar-refractivity contribution in [2.75, 3.05) is 0 Å². The van der Waals surface area contributed by atoms with Crippen LogP contribution in [0.2, 0.25) is 0 Å². The van der Waals surface area contributed by atoms with Crippen molar-refractivity contribution in [2.45, 2.75) is 24.9 Å².